The highest BCUT2D eigenvalue weighted by Gasteiger charge is 2.19. The summed E-state index contributed by atoms with van der Waals surface area (Å²) in [6, 6.07) is 22.6. The summed E-state index contributed by atoms with van der Waals surface area (Å²) >= 11 is 1.42. The number of nitrogens with one attached hydrogen (secondary N) is 2. The summed E-state index contributed by atoms with van der Waals surface area (Å²) in [6.45, 7) is 0. The molecule has 0 saturated heterocycles. The van der Waals surface area contributed by atoms with Crippen LogP contribution in [-0.4, -0.2) is 36.5 Å². The average Bonchev–Trinajstić information content (AvgIpc) is 3.57. The van der Waals surface area contributed by atoms with Gasteiger partial charge in [0, 0.05) is 28.9 Å². The van der Waals surface area contributed by atoms with Gasteiger partial charge in [-0.05, 0) is 24.3 Å². The minimum atomic E-state index is -0.625. The maximum absolute atomic E-state index is 12.7. The monoisotopic (exact) mass is 481 g/mol. The first-order valence-corrected chi connectivity index (χ1v) is 11.6. The zero-order valence-electron chi connectivity index (χ0n) is 18.3. The van der Waals surface area contributed by atoms with Crippen LogP contribution in [0.15, 0.2) is 90.6 Å². The Bertz CT molecular complexity index is 1390. The maximum Gasteiger partial charge on any atom is 0.309 e. The molecule has 172 valence electrons. The minimum Gasteiger partial charge on any atom is -0.273 e. The van der Waals surface area contributed by atoms with E-state index in [1.54, 1.807) is 22.5 Å². The molecule has 0 fully saturated rings. The molecular formula is C25H19N7O2S. The minimum absolute atomic E-state index is 0.0121. The molecule has 3 aromatic heterocycles. The first kappa shape index (κ1) is 22.1. The molecule has 9 nitrogen and oxygen atoms in total. The van der Waals surface area contributed by atoms with Crippen LogP contribution in [0.25, 0.3) is 27.6 Å². The summed E-state index contributed by atoms with van der Waals surface area (Å²) in [6.07, 6.45) is 3.42. The van der Waals surface area contributed by atoms with Crippen LogP contribution in [0.5, 0.6) is 0 Å². The normalized spacial score (nSPS) is 10.6. The number of hydrogen-bond donors (Lipinski definition) is 2. The molecule has 0 atom stereocenters. The Morgan fingerprint density at radius 3 is 2.34 bits per heavy atom. The lowest BCUT2D eigenvalue weighted by Crippen LogP contribution is -2.42. The highest BCUT2D eigenvalue weighted by atomic mass is 32.1. The Kier molecular flexibility index (Phi) is 6.35. The van der Waals surface area contributed by atoms with Gasteiger partial charge in [0.15, 0.2) is 5.82 Å². The van der Waals surface area contributed by atoms with Crippen molar-refractivity contribution in [1.29, 1.82) is 0 Å². The van der Waals surface area contributed by atoms with Crippen molar-refractivity contribution >= 4 is 23.2 Å². The van der Waals surface area contributed by atoms with Gasteiger partial charge in [0.1, 0.15) is 5.01 Å². The third kappa shape index (κ3) is 5.12. The van der Waals surface area contributed by atoms with Gasteiger partial charge in [0.2, 0.25) is 11.7 Å². The van der Waals surface area contributed by atoms with E-state index in [1.807, 2.05) is 72.8 Å². The molecular weight excluding hydrogens is 462 g/mol. The summed E-state index contributed by atoms with van der Waals surface area (Å²) in [4.78, 5) is 38.1. The molecule has 10 heteroatoms. The van der Waals surface area contributed by atoms with Gasteiger partial charge >= 0.3 is 5.91 Å². The molecule has 0 aliphatic heterocycles. The number of hydrazine groups is 1. The number of nitrogens with zero attached hydrogens (tertiary/aromatic N) is 5. The predicted octanol–water partition coefficient (Wildman–Crippen LogP) is 3.46. The molecule has 2 aromatic carbocycles. The van der Waals surface area contributed by atoms with Crippen LogP contribution in [0.1, 0.15) is 16.3 Å². The Morgan fingerprint density at radius 1 is 0.857 bits per heavy atom. The second kappa shape index (κ2) is 10.1. The van der Waals surface area contributed by atoms with Crippen molar-refractivity contribution in [2.45, 2.75) is 6.42 Å². The van der Waals surface area contributed by atoms with Crippen LogP contribution < -0.4 is 10.9 Å². The fourth-order valence-corrected chi connectivity index (χ4v) is 4.14. The molecule has 0 aliphatic carbocycles. The Morgan fingerprint density at radius 2 is 1.60 bits per heavy atom. The van der Waals surface area contributed by atoms with Crippen molar-refractivity contribution in [3.63, 3.8) is 0 Å². The van der Waals surface area contributed by atoms with E-state index in [2.05, 4.69) is 30.9 Å². The van der Waals surface area contributed by atoms with Crippen molar-refractivity contribution in [1.82, 2.24) is 35.6 Å². The standard InChI is InChI=1S/C25H19N7O2S/c33-21(14-19-16-35-25(27-19)18-10-7-13-26-15-18)29-30-24(34)22-28-23(17-8-3-1-4-9-17)32(31-22)20-11-5-2-6-12-20/h1-13,15-16H,14H2,(H,29,33)(H,30,34). The molecule has 2 amide bonds. The number of thiazole rings is 1. The van der Waals surface area contributed by atoms with Crippen molar-refractivity contribution < 1.29 is 9.59 Å². The Hall–Kier alpha value is -4.70. The third-order valence-corrected chi connectivity index (χ3v) is 5.90. The fourth-order valence-electron chi connectivity index (χ4n) is 3.33. The summed E-state index contributed by atoms with van der Waals surface area (Å²) in [5, 5.41) is 6.96. The van der Waals surface area contributed by atoms with Gasteiger partial charge in [-0.2, -0.15) is 0 Å². The van der Waals surface area contributed by atoms with Crippen molar-refractivity contribution in [2.24, 2.45) is 0 Å². The quantitative estimate of drug-likeness (QED) is 0.359. The summed E-state index contributed by atoms with van der Waals surface area (Å²) in [5.74, 6) is -0.592. The molecule has 0 aliphatic rings. The zero-order valence-corrected chi connectivity index (χ0v) is 19.1. The second-order valence-corrected chi connectivity index (χ2v) is 8.30. The highest BCUT2D eigenvalue weighted by molar-refractivity contribution is 7.13. The second-order valence-electron chi connectivity index (χ2n) is 7.44. The largest absolute Gasteiger partial charge is 0.309 e. The lowest BCUT2D eigenvalue weighted by atomic mass is 10.2. The molecule has 0 spiro atoms. The molecule has 35 heavy (non-hydrogen) atoms. The molecule has 0 saturated carbocycles. The van der Waals surface area contributed by atoms with Crippen molar-refractivity contribution in [2.75, 3.05) is 0 Å². The van der Waals surface area contributed by atoms with Crippen molar-refractivity contribution in [3.05, 3.63) is 102 Å². The van der Waals surface area contributed by atoms with Crippen LogP contribution >= 0.6 is 11.3 Å². The Balaban J connectivity index is 1.27. The van der Waals surface area contributed by atoms with Crippen LogP contribution in [0.4, 0.5) is 0 Å². The number of hydrogen-bond acceptors (Lipinski definition) is 7. The first-order chi connectivity index (χ1) is 17.2. The van der Waals surface area contributed by atoms with E-state index in [-0.39, 0.29) is 12.2 Å². The van der Waals surface area contributed by atoms with Gasteiger partial charge in [0.05, 0.1) is 17.8 Å². The average molecular weight is 482 g/mol. The van der Waals surface area contributed by atoms with E-state index in [9.17, 15) is 9.59 Å². The number of pyridine rings is 1. The van der Waals surface area contributed by atoms with Crippen LogP contribution in [0.3, 0.4) is 0 Å². The molecule has 5 aromatic rings. The van der Waals surface area contributed by atoms with Gasteiger partial charge in [-0.15, -0.1) is 16.4 Å². The van der Waals surface area contributed by atoms with E-state index in [4.69, 9.17) is 0 Å². The van der Waals surface area contributed by atoms with E-state index >= 15 is 0 Å². The summed E-state index contributed by atoms with van der Waals surface area (Å²) in [7, 11) is 0. The third-order valence-electron chi connectivity index (χ3n) is 4.96. The van der Waals surface area contributed by atoms with Gasteiger partial charge in [-0.25, -0.2) is 14.6 Å². The maximum atomic E-state index is 12.7. The van der Waals surface area contributed by atoms with E-state index in [1.165, 1.54) is 11.3 Å². The van der Waals surface area contributed by atoms with Crippen LogP contribution in [-0.2, 0) is 11.2 Å². The number of aromatic nitrogens is 5. The number of amides is 2. The molecule has 2 N–H and O–H groups in total. The van der Waals surface area contributed by atoms with Gasteiger partial charge in [-0.1, -0.05) is 48.5 Å². The van der Waals surface area contributed by atoms with E-state index in [0.29, 0.717) is 11.5 Å². The summed E-state index contributed by atoms with van der Waals surface area (Å²) in [5.41, 5.74) is 7.84. The van der Waals surface area contributed by atoms with E-state index < -0.39 is 11.8 Å². The Labute approximate surface area is 204 Å². The lowest BCUT2D eigenvalue weighted by molar-refractivity contribution is -0.121. The first-order valence-electron chi connectivity index (χ1n) is 10.7. The van der Waals surface area contributed by atoms with Gasteiger partial charge in [0.25, 0.3) is 0 Å². The number of carbonyl (C=O) groups is 2. The number of rotatable bonds is 6. The topological polar surface area (TPSA) is 115 Å². The number of para-hydroxylation sites is 1. The van der Waals surface area contributed by atoms with Crippen LogP contribution in [0, 0.1) is 0 Å². The number of carbonyl (C=O) groups excluding carboxylic acids is 2. The highest BCUT2D eigenvalue weighted by Crippen LogP contribution is 2.23. The van der Waals surface area contributed by atoms with Crippen LogP contribution in [0.2, 0.25) is 0 Å². The molecule has 0 radical (unpaired) electrons. The molecule has 3 heterocycles. The van der Waals surface area contributed by atoms with Gasteiger partial charge in [-0.3, -0.25) is 25.4 Å². The van der Waals surface area contributed by atoms with Gasteiger partial charge < -0.3 is 0 Å². The number of benzene rings is 2. The zero-order chi connectivity index (χ0) is 24.0. The smallest absolute Gasteiger partial charge is 0.273 e. The van der Waals surface area contributed by atoms with Crippen molar-refractivity contribution in [3.8, 4) is 27.6 Å². The van der Waals surface area contributed by atoms with E-state index in [0.717, 1.165) is 21.8 Å². The lowest BCUT2D eigenvalue weighted by Gasteiger charge is -2.05. The molecule has 5 rings (SSSR count). The fraction of sp³-hybridized carbons (Fsp3) is 0.0400. The predicted molar refractivity (Wildman–Crippen MR) is 131 cm³/mol. The summed E-state index contributed by atoms with van der Waals surface area (Å²) < 4.78 is 1.60. The SMILES string of the molecule is O=C(Cc1csc(-c2cccnc2)n1)NNC(=O)c1nc(-c2ccccc2)n(-c2ccccc2)n1. The molecule has 0 unspecified atom stereocenters. The molecule has 0 bridgehead atoms.